The van der Waals surface area contributed by atoms with E-state index in [1.54, 1.807) is 0 Å². The van der Waals surface area contributed by atoms with Crippen molar-refractivity contribution in [3.8, 4) is 0 Å². The van der Waals surface area contributed by atoms with Crippen molar-refractivity contribution < 1.29 is 14.0 Å². The first-order valence-corrected chi connectivity index (χ1v) is 4.12. The van der Waals surface area contributed by atoms with Crippen LogP contribution in [0.2, 0.25) is 0 Å². The predicted molar refractivity (Wildman–Crippen MR) is 52.1 cm³/mol. The number of benzene rings is 1. The quantitative estimate of drug-likeness (QED) is 0.458. The number of nitrogen functional groups attached to an aromatic ring is 1. The second kappa shape index (κ2) is 4.41. The minimum atomic E-state index is -0.665. The smallest absolute Gasteiger partial charge is 0.271 e. The lowest BCUT2D eigenvalue weighted by atomic mass is 10.1. The van der Waals surface area contributed by atoms with E-state index < -0.39 is 17.6 Å². The number of nitrogens with one attached hydrogen (secondary N) is 2. The molecule has 6 heteroatoms. The molecule has 0 radical (unpaired) electrons. The van der Waals surface area contributed by atoms with Gasteiger partial charge in [0.05, 0.1) is 5.56 Å². The van der Waals surface area contributed by atoms with Crippen LogP contribution in [0.25, 0.3) is 0 Å². The zero-order valence-corrected chi connectivity index (χ0v) is 8.00. The van der Waals surface area contributed by atoms with E-state index in [9.17, 15) is 14.0 Å². The maximum absolute atomic E-state index is 12.8. The maximum atomic E-state index is 12.8. The standard InChI is InChI=1S/C9H10FN3O2/c1-5(14)12-13-9(15)7-4-6(10)2-3-8(7)11/h2-4H,11H2,1H3,(H,12,14)(H,13,15). The molecule has 4 N–H and O–H groups in total. The molecule has 0 atom stereocenters. The van der Waals surface area contributed by atoms with Crippen molar-refractivity contribution in [1.82, 2.24) is 10.9 Å². The third kappa shape index (κ3) is 2.94. The summed E-state index contributed by atoms with van der Waals surface area (Å²) in [5, 5.41) is 0. The molecule has 0 unspecified atom stereocenters. The summed E-state index contributed by atoms with van der Waals surface area (Å²) in [5.74, 6) is -1.67. The van der Waals surface area contributed by atoms with Gasteiger partial charge in [0.15, 0.2) is 0 Å². The minimum absolute atomic E-state index is 0.0243. The number of hydrogen-bond acceptors (Lipinski definition) is 3. The van der Waals surface area contributed by atoms with Gasteiger partial charge in [0.25, 0.3) is 5.91 Å². The number of hydrazine groups is 1. The van der Waals surface area contributed by atoms with Crippen LogP contribution in [0.5, 0.6) is 0 Å². The number of carbonyl (C=O) groups is 2. The third-order valence-corrected chi connectivity index (χ3v) is 1.61. The first kappa shape index (κ1) is 11.0. The fourth-order valence-corrected chi connectivity index (χ4v) is 0.937. The molecular formula is C9H10FN3O2. The van der Waals surface area contributed by atoms with Crippen LogP contribution in [-0.4, -0.2) is 11.8 Å². The van der Waals surface area contributed by atoms with E-state index in [1.165, 1.54) is 13.0 Å². The highest BCUT2D eigenvalue weighted by Gasteiger charge is 2.10. The van der Waals surface area contributed by atoms with Crippen LogP contribution < -0.4 is 16.6 Å². The van der Waals surface area contributed by atoms with Gasteiger partial charge in [0.2, 0.25) is 5.91 Å². The molecule has 0 aliphatic heterocycles. The van der Waals surface area contributed by atoms with Gasteiger partial charge in [-0.3, -0.25) is 20.4 Å². The Balaban J connectivity index is 2.81. The molecular weight excluding hydrogens is 201 g/mol. The van der Waals surface area contributed by atoms with E-state index in [-0.39, 0.29) is 11.3 Å². The van der Waals surface area contributed by atoms with Gasteiger partial charge < -0.3 is 5.73 Å². The van der Waals surface area contributed by atoms with Crippen molar-refractivity contribution in [2.45, 2.75) is 6.92 Å². The van der Waals surface area contributed by atoms with Crippen LogP contribution in [-0.2, 0) is 4.79 Å². The summed E-state index contributed by atoms with van der Waals surface area (Å²) in [5.41, 5.74) is 9.73. The molecule has 15 heavy (non-hydrogen) atoms. The highest BCUT2D eigenvalue weighted by Crippen LogP contribution is 2.12. The highest BCUT2D eigenvalue weighted by atomic mass is 19.1. The van der Waals surface area contributed by atoms with E-state index in [0.29, 0.717) is 0 Å². The normalized spacial score (nSPS) is 9.47. The first-order valence-electron chi connectivity index (χ1n) is 4.12. The summed E-state index contributed by atoms with van der Waals surface area (Å²) in [7, 11) is 0. The SMILES string of the molecule is CC(=O)NNC(=O)c1cc(F)ccc1N. The predicted octanol–water partition coefficient (Wildman–Crippen LogP) is 0.189. The summed E-state index contributed by atoms with van der Waals surface area (Å²) in [6.45, 7) is 1.23. The van der Waals surface area contributed by atoms with E-state index in [1.807, 2.05) is 0 Å². The molecule has 0 aromatic heterocycles. The third-order valence-electron chi connectivity index (χ3n) is 1.61. The molecule has 0 saturated carbocycles. The molecule has 2 amide bonds. The molecule has 5 nitrogen and oxygen atoms in total. The van der Waals surface area contributed by atoms with Crippen molar-refractivity contribution in [3.63, 3.8) is 0 Å². The van der Waals surface area contributed by atoms with Crippen LogP contribution in [0.4, 0.5) is 10.1 Å². The van der Waals surface area contributed by atoms with Gasteiger partial charge in [0.1, 0.15) is 5.82 Å². The summed E-state index contributed by atoms with van der Waals surface area (Å²) in [6.07, 6.45) is 0. The van der Waals surface area contributed by atoms with Crippen LogP contribution in [0, 0.1) is 5.82 Å². The van der Waals surface area contributed by atoms with Gasteiger partial charge >= 0.3 is 0 Å². The topological polar surface area (TPSA) is 84.2 Å². The number of hydrogen-bond donors (Lipinski definition) is 3. The van der Waals surface area contributed by atoms with Crippen molar-refractivity contribution in [1.29, 1.82) is 0 Å². The van der Waals surface area contributed by atoms with Gasteiger partial charge in [0, 0.05) is 12.6 Å². The Morgan fingerprint density at radius 1 is 1.33 bits per heavy atom. The molecule has 0 spiro atoms. The number of carbonyl (C=O) groups excluding carboxylic acids is 2. The molecule has 80 valence electrons. The summed E-state index contributed by atoms with van der Waals surface area (Å²) in [4.78, 5) is 21.8. The molecule has 0 aliphatic carbocycles. The van der Waals surface area contributed by atoms with Crippen molar-refractivity contribution in [2.24, 2.45) is 0 Å². The highest BCUT2D eigenvalue weighted by molar-refractivity contribution is 5.99. The Kier molecular flexibility index (Phi) is 3.22. The van der Waals surface area contributed by atoms with Gasteiger partial charge in [-0.2, -0.15) is 0 Å². The summed E-state index contributed by atoms with van der Waals surface area (Å²) in [6, 6.07) is 3.41. The Morgan fingerprint density at radius 2 is 2.00 bits per heavy atom. The summed E-state index contributed by atoms with van der Waals surface area (Å²) >= 11 is 0. The van der Waals surface area contributed by atoms with E-state index in [0.717, 1.165) is 12.1 Å². The fraction of sp³-hybridized carbons (Fsp3) is 0.111. The van der Waals surface area contributed by atoms with Gasteiger partial charge in [-0.1, -0.05) is 0 Å². The molecule has 0 saturated heterocycles. The molecule has 1 rings (SSSR count). The zero-order valence-electron chi connectivity index (χ0n) is 8.00. The Labute approximate surface area is 85.4 Å². The largest absolute Gasteiger partial charge is 0.398 e. The van der Waals surface area contributed by atoms with Crippen molar-refractivity contribution in [2.75, 3.05) is 5.73 Å². The lowest BCUT2D eigenvalue weighted by molar-refractivity contribution is -0.119. The number of anilines is 1. The lowest BCUT2D eigenvalue weighted by Gasteiger charge is -2.07. The monoisotopic (exact) mass is 211 g/mol. The van der Waals surface area contributed by atoms with E-state index in [4.69, 9.17) is 5.73 Å². The lowest BCUT2D eigenvalue weighted by Crippen LogP contribution is -2.40. The number of halogens is 1. The Morgan fingerprint density at radius 3 is 2.60 bits per heavy atom. The molecule has 0 aliphatic rings. The Hall–Kier alpha value is -2.11. The average molecular weight is 211 g/mol. The maximum Gasteiger partial charge on any atom is 0.271 e. The fourth-order valence-electron chi connectivity index (χ4n) is 0.937. The molecule has 1 aromatic rings. The number of rotatable bonds is 1. The van der Waals surface area contributed by atoms with Crippen molar-refractivity contribution in [3.05, 3.63) is 29.6 Å². The second-order valence-electron chi connectivity index (χ2n) is 2.87. The van der Waals surface area contributed by atoms with Gasteiger partial charge in [-0.15, -0.1) is 0 Å². The minimum Gasteiger partial charge on any atom is -0.398 e. The van der Waals surface area contributed by atoms with Crippen molar-refractivity contribution >= 4 is 17.5 Å². The first-order chi connectivity index (χ1) is 7.00. The molecule has 0 fully saturated rings. The average Bonchev–Trinajstić information content (AvgIpc) is 2.18. The van der Waals surface area contributed by atoms with Crippen LogP contribution in [0.3, 0.4) is 0 Å². The molecule has 0 bridgehead atoms. The molecule has 0 heterocycles. The van der Waals surface area contributed by atoms with E-state index in [2.05, 4.69) is 10.9 Å². The van der Waals surface area contributed by atoms with Gasteiger partial charge in [-0.05, 0) is 18.2 Å². The summed E-state index contributed by atoms with van der Waals surface area (Å²) < 4.78 is 12.8. The van der Waals surface area contributed by atoms with E-state index >= 15 is 0 Å². The Bertz CT molecular complexity index is 406. The second-order valence-corrected chi connectivity index (χ2v) is 2.87. The number of nitrogens with two attached hydrogens (primary N) is 1. The molecule has 1 aromatic carbocycles. The van der Waals surface area contributed by atoms with Gasteiger partial charge in [-0.25, -0.2) is 4.39 Å². The van der Waals surface area contributed by atoms with Crippen LogP contribution >= 0.6 is 0 Å². The number of amides is 2. The zero-order chi connectivity index (χ0) is 11.4. The van der Waals surface area contributed by atoms with Crippen LogP contribution in [0.1, 0.15) is 17.3 Å². The van der Waals surface area contributed by atoms with Crippen LogP contribution in [0.15, 0.2) is 18.2 Å².